The van der Waals surface area contributed by atoms with Gasteiger partial charge in [-0.3, -0.25) is 4.98 Å². The van der Waals surface area contributed by atoms with Gasteiger partial charge in [-0.1, -0.05) is 0 Å². The van der Waals surface area contributed by atoms with Crippen LogP contribution in [0.25, 0.3) is 10.8 Å². The minimum absolute atomic E-state index is 0.535. The summed E-state index contributed by atoms with van der Waals surface area (Å²) >= 11 is 1.48. The molecule has 2 aromatic heterocycles. The highest BCUT2D eigenvalue weighted by Gasteiger charge is 2.08. The molecule has 2 aromatic rings. The first-order chi connectivity index (χ1) is 6.40. The van der Waals surface area contributed by atoms with Crippen molar-refractivity contribution in [1.29, 1.82) is 0 Å². The monoisotopic (exact) mass is 196 g/mol. The standard InChI is InChI=1S/C7H8N4OS/c1-8-3-6-10-11-7(12-6)5-2-9-4-13-5/h2,4,8H,3H2,1H3. The van der Waals surface area contributed by atoms with Gasteiger partial charge < -0.3 is 9.73 Å². The van der Waals surface area contributed by atoms with Crippen molar-refractivity contribution in [3.63, 3.8) is 0 Å². The number of hydrogen-bond acceptors (Lipinski definition) is 6. The smallest absolute Gasteiger partial charge is 0.259 e. The Hall–Kier alpha value is -1.27. The van der Waals surface area contributed by atoms with E-state index in [-0.39, 0.29) is 0 Å². The van der Waals surface area contributed by atoms with Gasteiger partial charge in [-0.2, -0.15) is 0 Å². The lowest BCUT2D eigenvalue weighted by Crippen LogP contribution is -2.04. The van der Waals surface area contributed by atoms with E-state index < -0.39 is 0 Å². The summed E-state index contributed by atoms with van der Waals surface area (Å²) < 4.78 is 5.35. The molecule has 0 aromatic carbocycles. The van der Waals surface area contributed by atoms with Crippen LogP contribution in [-0.4, -0.2) is 22.2 Å². The van der Waals surface area contributed by atoms with Crippen LogP contribution >= 0.6 is 11.3 Å². The fourth-order valence-corrected chi connectivity index (χ4v) is 1.44. The zero-order valence-corrected chi connectivity index (χ0v) is 7.84. The summed E-state index contributed by atoms with van der Waals surface area (Å²) in [6, 6.07) is 0. The molecule has 0 bridgehead atoms. The highest BCUT2D eigenvalue weighted by Crippen LogP contribution is 2.20. The maximum Gasteiger partial charge on any atom is 0.259 e. The third-order valence-corrected chi connectivity index (χ3v) is 2.20. The van der Waals surface area contributed by atoms with Crippen LogP contribution in [-0.2, 0) is 6.54 Å². The van der Waals surface area contributed by atoms with Crippen molar-refractivity contribution in [3.8, 4) is 10.8 Å². The molecule has 0 atom stereocenters. The molecule has 0 aliphatic heterocycles. The molecule has 0 aliphatic carbocycles. The van der Waals surface area contributed by atoms with E-state index in [1.54, 1.807) is 11.7 Å². The van der Waals surface area contributed by atoms with Crippen LogP contribution in [0.1, 0.15) is 5.89 Å². The Balaban J connectivity index is 2.23. The summed E-state index contributed by atoms with van der Waals surface area (Å²) in [4.78, 5) is 4.83. The Morgan fingerprint density at radius 3 is 3.15 bits per heavy atom. The van der Waals surface area contributed by atoms with E-state index in [1.165, 1.54) is 11.3 Å². The number of hydrogen-bond donors (Lipinski definition) is 1. The second-order valence-electron chi connectivity index (χ2n) is 2.40. The molecule has 68 valence electrons. The number of nitrogens with zero attached hydrogens (tertiary/aromatic N) is 3. The highest BCUT2D eigenvalue weighted by atomic mass is 32.1. The molecule has 2 heterocycles. The molecule has 0 unspecified atom stereocenters. The summed E-state index contributed by atoms with van der Waals surface area (Å²) in [5.74, 6) is 1.12. The third-order valence-electron chi connectivity index (χ3n) is 1.44. The van der Waals surface area contributed by atoms with Crippen LogP contribution < -0.4 is 5.32 Å². The van der Waals surface area contributed by atoms with Crippen LogP contribution in [0.4, 0.5) is 0 Å². The molecule has 5 nitrogen and oxygen atoms in total. The Morgan fingerprint density at radius 1 is 1.54 bits per heavy atom. The average molecular weight is 196 g/mol. The average Bonchev–Trinajstić information content (AvgIpc) is 2.70. The SMILES string of the molecule is CNCc1nnc(-c2cncs2)o1. The molecule has 0 saturated heterocycles. The van der Waals surface area contributed by atoms with Gasteiger partial charge in [0.2, 0.25) is 5.89 Å². The first kappa shape index (κ1) is 8.33. The van der Waals surface area contributed by atoms with Gasteiger partial charge >= 0.3 is 0 Å². The van der Waals surface area contributed by atoms with Crippen molar-refractivity contribution in [2.45, 2.75) is 6.54 Å². The molecule has 0 saturated carbocycles. The second-order valence-corrected chi connectivity index (χ2v) is 3.28. The molecule has 0 fully saturated rings. The lowest BCUT2D eigenvalue weighted by atomic mass is 10.5. The number of aromatic nitrogens is 3. The summed E-state index contributed by atoms with van der Waals surface area (Å²) in [6.07, 6.45) is 1.71. The summed E-state index contributed by atoms with van der Waals surface area (Å²) in [6.45, 7) is 0.589. The van der Waals surface area contributed by atoms with Crippen LogP contribution in [0.2, 0.25) is 0 Å². The molecular formula is C7H8N4OS. The zero-order valence-electron chi connectivity index (χ0n) is 7.02. The van der Waals surface area contributed by atoms with Crippen molar-refractivity contribution in [3.05, 3.63) is 17.6 Å². The fourth-order valence-electron chi connectivity index (χ4n) is 0.897. The van der Waals surface area contributed by atoms with Crippen molar-refractivity contribution in [1.82, 2.24) is 20.5 Å². The summed E-state index contributed by atoms with van der Waals surface area (Å²) in [7, 11) is 1.83. The number of nitrogens with one attached hydrogen (secondary N) is 1. The van der Waals surface area contributed by atoms with Gasteiger partial charge in [-0.05, 0) is 7.05 Å². The minimum Gasteiger partial charge on any atom is -0.418 e. The Bertz CT molecular complexity index is 370. The van der Waals surface area contributed by atoms with Gasteiger partial charge in [0.1, 0.15) is 4.88 Å². The maximum atomic E-state index is 5.35. The normalized spacial score (nSPS) is 10.5. The molecule has 1 N–H and O–H groups in total. The van der Waals surface area contributed by atoms with E-state index in [1.807, 2.05) is 7.05 Å². The van der Waals surface area contributed by atoms with Gasteiger partial charge in [-0.25, -0.2) is 0 Å². The minimum atomic E-state index is 0.535. The van der Waals surface area contributed by atoms with E-state index in [2.05, 4.69) is 20.5 Å². The van der Waals surface area contributed by atoms with Gasteiger partial charge in [0.05, 0.1) is 18.3 Å². The Morgan fingerprint density at radius 2 is 2.46 bits per heavy atom. The van der Waals surface area contributed by atoms with Gasteiger partial charge in [0.15, 0.2) is 0 Å². The van der Waals surface area contributed by atoms with E-state index >= 15 is 0 Å². The second kappa shape index (κ2) is 3.63. The Kier molecular flexibility index (Phi) is 2.33. The first-order valence-electron chi connectivity index (χ1n) is 3.76. The van der Waals surface area contributed by atoms with Crippen molar-refractivity contribution >= 4 is 11.3 Å². The molecule has 0 aliphatic rings. The van der Waals surface area contributed by atoms with Crippen LogP contribution in [0.15, 0.2) is 16.1 Å². The third kappa shape index (κ3) is 1.73. The van der Waals surface area contributed by atoms with E-state index in [4.69, 9.17) is 4.42 Å². The van der Waals surface area contributed by atoms with Gasteiger partial charge in [0, 0.05) is 0 Å². The van der Waals surface area contributed by atoms with Crippen LogP contribution in [0.5, 0.6) is 0 Å². The summed E-state index contributed by atoms with van der Waals surface area (Å²) in [5.41, 5.74) is 1.73. The molecule has 6 heteroatoms. The highest BCUT2D eigenvalue weighted by molar-refractivity contribution is 7.13. The zero-order chi connectivity index (χ0) is 9.10. The lowest BCUT2D eigenvalue weighted by Gasteiger charge is -1.88. The first-order valence-corrected chi connectivity index (χ1v) is 4.64. The van der Waals surface area contributed by atoms with Crippen molar-refractivity contribution in [2.75, 3.05) is 7.05 Å². The molecular weight excluding hydrogens is 188 g/mol. The summed E-state index contributed by atoms with van der Waals surface area (Å²) in [5, 5.41) is 10.7. The molecule has 0 spiro atoms. The van der Waals surface area contributed by atoms with E-state index in [0.717, 1.165) is 4.88 Å². The topological polar surface area (TPSA) is 63.8 Å². The van der Waals surface area contributed by atoms with Gasteiger partial charge in [-0.15, -0.1) is 21.5 Å². The molecule has 0 amide bonds. The predicted octanol–water partition coefficient (Wildman–Crippen LogP) is 0.912. The lowest BCUT2D eigenvalue weighted by molar-refractivity contribution is 0.491. The quantitative estimate of drug-likeness (QED) is 0.790. The van der Waals surface area contributed by atoms with E-state index in [9.17, 15) is 0 Å². The fraction of sp³-hybridized carbons (Fsp3) is 0.286. The van der Waals surface area contributed by atoms with Crippen LogP contribution in [0, 0.1) is 0 Å². The van der Waals surface area contributed by atoms with Crippen LogP contribution in [0.3, 0.4) is 0 Å². The largest absolute Gasteiger partial charge is 0.418 e. The molecule has 13 heavy (non-hydrogen) atoms. The van der Waals surface area contributed by atoms with Gasteiger partial charge in [0.25, 0.3) is 5.89 Å². The van der Waals surface area contributed by atoms with Crippen molar-refractivity contribution < 1.29 is 4.42 Å². The molecule has 0 radical (unpaired) electrons. The van der Waals surface area contributed by atoms with E-state index in [0.29, 0.717) is 18.3 Å². The Labute approximate surface area is 78.8 Å². The number of thiazole rings is 1. The predicted molar refractivity (Wildman–Crippen MR) is 48.2 cm³/mol. The maximum absolute atomic E-state index is 5.35. The van der Waals surface area contributed by atoms with Crippen molar-refractivity contribution in [2.24, 2.45) is 0 Å². The number of rotatable bonds is 3. The molecule has 2 rings (SSSR count).